The number of rotatable bonds is 7. The molecule has 0 aliphatic carbocycles. The standard InChI is InChI=1S/C25H27ClFN5O2S.2ClH/c1-34-16-3-4-21-18(10-16)17(19(26)12-29-21)6-8-32-9-7-22(20(27)13-32)28-11-15-2-5-23-25(30-15)31-24(33)14-35-23;;/h2-5,10,12,20,22,28H,6-9,11,13-14H2,1H3,(H,30,31,33);2*1H/t20-,22+;;/m0../s1. The SMILES string of the molecule is COc1ccc2ncc(Cl)c(CCN3CC[C@@H](NCc4ccc5c(n4)NC(=O)CS5)[C@@H](F)C3)c2c1.Cl.Cl. The van der Waals surface area contributed by atoms with Gasteiger partial charge in [0.1, 0.15) is 17.7 Å². The molecular weight excluding hydrogens is 560 g/mol. The van der Waals surface area contributed by atoms with Gasteiger partial charge in [-0.1, -0.05) is 11.6 Å². The van der Waals surface area contributed by atoms with Crippen LogP contribution in [0.1, 0.15) is 17.7 Å². The molecule has 200 valence electrons. The van der Waals surface area contributed by atoms with Gasteiger partial charge in [-0.25, -0.2) is 9.37 Å². The molecule has 1 aromatic carbocycles. The van der Waals surface area contributed by atoms with Gasteiger partial charge in [-0.05, 0) is 55.3 Å². The van der Waals surface area contributed by atoms with Crippen LogP contribution in [0.3, 0.4) is 0 Å². The molecule has 3 aromatic rings. The van der Waals surface area contributed by atoms with Crippen molar-refractivity contribution in [1.29, 1.82) is 0 Å². The zero-order chi connectivity index (χ0) is 24.4. The van der Waals surface area contributed by atoms with Crippen molar-refractivity contribution in [2.75, 3.05) is 37.8 Å². The summed E-state index contributed by atoms with van der Waals surface area (Å²) < 4.78 is 20.4. The van der Waals surface area contributed by atoms with Crippen molar-refractivity contribution >= 4 is 70.8 Å². The number of piperidine rings is 1. The van der Waals surface area contributed by atoms with Gasteiger partial charge in [0, 0.05) is 37.3 Å². The Morgan fingerprint density at radius 1 is 1.30 bits per heavy atom. The highest BCUT2D eigenvalue weighted by Gasteiger charge is 2.29. The monoisotopic (exact) mass is 587 g/mol. The molecule has 4 heterocycles. The number of benzene rings is 1. The number of likely N-dealkylation sites (tertiary alicyclic amines) is 1. The van der Waals surface area contributed by atoms with E-state index in [0.29, 0.717) is 49.1 Å². The average molecular weight is 589 g/mol. The number of thioether (sulfide) groups is 1. The molecule has 0 unspecified atom stereocenters. The molecule has 5 rings (SSSR count). The van der Waals surface area contributed by atoms with Gasteiger partial charge in [-0.15, -0.1) is 36.6 Å². The second kappa shape index (κ2) is 13.3. The molecule has 1 fully saturated rings. The lowest BCUT2D eigenvalue weighted by Gasteiger charge is -2.35. The van der Waals surface area contributed by atoms with Crippen molar-refractivity contribution in [2.45, 2.75) is 36.5 Å². The first-order valence-electron chi connectivity index (χ1n) is 11.6. The number of carbonyl (C=O) groups is 1. The summed E-state index contributed by atoms with van der Waals surface area (Å²) in [6, 6.07) is 9.41. The molecule has 0 radical (unpaired) electrons. The number of nitrogens with one attached hydrogen (secondary N) is 2. The zero-order valence-electron chi connectivity index (χ0n) is 20.2. The highest BCUT2D eigenvalue weighted by Crippen LogP contribution is 2.30. The second-order valence-corrected chi connectivity index (χ2v) is 10.2. The molecule has 7 nitrogen and oxygen atoms in total. The number of pyridine rings is 2. The summed E-state index contributed by atoms with van der Waals surface area (Å²) in [6.07, 6.45) is 2.11. The van der Waals surface area contributed by atoms with E-state index in [1.807, 2.05) is 30.3 Å². The van der Waals surface area contributed by atoms with Crippen LogP contribution in [-0.4, -0.2) is 65.5 Å². The third kappa shape index (κ3) is 6.96. The molecule has 2 N–H and O–H groups in total. The lowest BCUT2D eigenvalue weighted by Crippen LogP contribution is -2.51. The van der Waals surface area contributed by atoms with Crippen LogP contribution < -0.4 is 15.4 Å². The molecule has 2 aliphatic heterocycles. The van der Waals surface area contributed by atoms with Crippen LogP contribution in [0.4, 0.5) is 10.2 Å². The number of amides is 1. The molecular formula is C25H29Cl3FN5O2S. The van der Waals surface area contributed by atoms with Crippen molar-refractivity contribution in [1.82, 2.24) is 20.2 Å². The fourth-order valence-corrected chi connectivity index (χ4v) is 5.59. The number of nitrogens with zero attached hydrogens (tertiary/aromatic N) is 3. The number of alkyl halides is 1. The molecule has 0 bridgehead atoms. The van der Waals surface area contributed by atoms with E-state index in [-0.39, 0.29) is 36.8 Å². The Bertz CT molecular complexity index is 1250. The maximum atomic E-state index is 15.0. The second-order valence-electron chi connectivity index (χ2n) is 8.80. The first-order chi connectivity index (χ1) is 17.0. The Balaban J connectivity index is 0.00000190. The topological polar surface area (TPSA) is 79.4 Å². The van der Waals surface area contributed by atoms with E-state index in [1.165, 1.54) is 11.8 Å². The van der Waals surface area contributed by atoms with E-state index in [4.69, 9.17) is 16.3 Å². The minimum atomic E-state index is -0.985. The Hall–Kier alpha value is -1.88. The van der Waals surface area contributed by atoms with E-state index in [9.17, 15) is 4.79 Å². The molecule has 1 saturated heterocycles. The smallest absolute Gasteiger partial charge is 0.235 e. The van der Waals surface area contributed by atoms with Gasteiger partial charge in [0.15, 0.2) is 0 Å². The summed E-state index contributed by atoms with van der Waals surface area (Å²) in [7, 11) is 1.64. The lowest BCUT2D eigenvalue weighted by atomic mass is 10.0. The van der Waals surface area contributed by atoms with Crippen LogP contribution in [0.25, 0.3) is 10.9 Å². The summed E-state index contributed by atoms with van der Waals surface area (Å²) in [6.45, 7) is 2.34. The van der Waals surface area contributed by atoms with E-state index in [1.54, 1.807) is 13.3 Å². The summed E-state index contributed by atoms with van der Waals surface area (Å²) in [4.78, 5) is 23.7. The number of ether oxygens (including phenoxy) is 1. The van der Waals surface area contributed by atoms with E-state index < -0.39 is 6.17 Å². The molecule has 2 atom stereocenters. The average Bonchev–Trinajstić information content (AvgIpc) is 2.87. The number of hydrogen-bond acceptors (Lipinski definition) is 7. The number of halogens is 4. The molecule has 1 amide bonds. The Morgan fingerprint density at radius 3 is 2.92 bits per heavy atom. The maximum absolute atomic E-state index is 15.0. The first-order valence-corrected chi connectivity index (χ1v) is 13.0. The third-order valence-electron chi connectivity index (χ3n) is 6.52. The maximum Gasteiger partial charge on any atom is 0.235 e. The predicted octanol–water partition coefficient (Wildman–Crippen LogP) is 4.92. The first kappa shape index (κ1) is 29.7. The fraction of sp³-hybridized carbons (Fsp3) is 0.400. The molecule has 0 spiro atoms. The van der Waals surface area contributed by atoms with Crippen molar-refractivity contribution in [3.63, 3.8) is 0 Å². The molecule has 2 aromatic heterocycles. The van der Waals surface area contributed by atoms with E-state index in [0.717, 1.165) is 39.4 Å². The molecule has 12 heteroatoms. The van der Waals surface area contributed by atoms with E-state index >= 15 is 4.39 Å². The summed E-state index contributed by atoms with van der Waals surface area (Å²) in [5.41, 5.74) is 2.66. The van der Waals surface area contributed by atoms with Gasteiger partial charge in [0.25, 0.3) is 0 Å². The van der Waals surface area contributed by atoms with Gasteiger partial charge in [0.05, 0.1) is 34.0 Å². The van der Waals surface area contributed by atoms with Crippen LogP contribution >= 0.6 is 48.2 Å². The normalized spacial score (nSPS) is 19.4. The van der Waals surface area contributed by atoms with E-state index in [2.05, 4.69) is 25.5 Å². The van der Waals surface area contributed by atoms with Gasteiger partial charge >= 0.3 is 0 Å². The van der Waals surface area contributed by atoms with Crippen LogP contribution in [-0.2, 0) is 17.8 Å². The Kier molecular flexibility index (Phi) is 10.6. The quantitative estimate of drug-likeness (QED) is 0.405. The minimum Gasteiger partial charge on any atom is -0.497 e. The van der Waals surface area contributed by atoms with Gasteiger partial charge in [0.2, 0.25) is 5.91 Å². The number of fused-ring (bicyclic) bond motifs is 2. The largest absolute Gasteiger partial charge is 0.497 e. The van der Waals surface area contributed by atoms with Crippen molar-refractivity contribution in [3.05, 3.63) is 52.8 Å². The summed E-state index contributed by atoms with van der Waals surface area (Å²) in [5, 5.41) is 7.71. The highest BCUT2D eigenvalue weighted by atomic mass is 35.5. The number of hydrogen-bond donors (Lipinski definition) is 2. The molecule has 0 saturated carbocycles. The van der Waals surface area contributed by atoms with Gasteiger partial charge in [-0.3, -0.25) is 14.7 Å². The van der Waals surface area contributed by atoms with Gasteiger partial charge in [-0.2, -0.15) is 0 Å². The number of methoxy groups -OCH3 is 1. The molecule has 37 heavy (non-hydrogen) atoms. The minimum absolute atomic E-state index is 0. The Morgan fingerprint density at radius 2 is 2.14 bits per heavy atom. The van der Waals surface area contributed by atoms with Crippen molar-refractivity contribution in [2.24, 2.45) is 0 Å². The summed E-state index contributed by atoms with van der Waals surface area (Å²) in [5.74, 6) is 1.72. The number of anilines is 1. The van der Waals surface area contributed by atoms with Crippen LogP contribution in [0.15, 0.2) is 41.4 Å². The summed E-state index contributed by atoms with van der Waals surface area (Å²) >= 11 is 7.96. The zero-order valence-corrected chi connectivity index (χ0v) is 23.4. The number of aromatic nitrogens is 2. The van der Waals surface area contributed by atoms with Crippen molar-refractivity contribution in [3.8, 4) is 5.75 Å². The highest BCUT2D eigenvalue weighted by molar-refractivity contribution is 8.00. The van der Waals surface area contributed by atoms with Crippen LogP contribution in [0.5, 0.6) is 5.75 Å². The third-order valence-corrected chi connectivity index (χ3v) is 7.89. The lowest BCUT2D eigenvalue weighted by molar-refractivity contribution is -0.113. The Labute approximate surface area is 237 Å². The van der Waals surface area contributed by atoms with Crippen molar-refractivity contribution < 1.29 is 13.9 Å². The number of carbonyl (C=O) groups excluding carboxylic acids is 1. The molecule has 2 aliphatic rings. The fourth-order valence-electron chi connectivity index (χ4n) is 4.59. The van der Waals surface area contributed by atoms with Crippen LogP contribution in [0, 0.1) is 0 Å². The predicted molar refractivity (Wildman–Crippen MR) is 152 cm³/mol. The van der Waals surface area contributed by atoms with Crippen LogP contribution in [0.2, 0.25) is 5.02 Å². The van der Waals surface area contributed by atoms with Gasteiger partial charge < -0.3 is 15.4 Å².